The summed E-state index contributed by atoms with van der Waals surface area (Å²) < 4.78 is 37.7. The number of hydrogen-bond acceptors (Lipinski definition) is 6. The average Bonchev–Trinajstić information content (AvgIpc) is 2.96. The van der Waals surface area contributed by atoms with Gasteiger partial charge in [-0.2, -0.15) is 0 Å². The van der Waals surface area contributed by atoms with Crippen LogP contribution in [0.25, 0.3) is 0 Å². The lowest BCUT2D eigenvalue weighted by Gasteiger charge is -2.33. The van der Waals surface area contributed by atoms with Crippen molar-refractivity contribution in [3.8, 4) is 11.5 Å². The standard InChI is InChI=1S/C32H41N3O6S/c1-23(2)20-33-32(37)28(18-25-10-8-7-9-11-25)34(21-26-14-12-24(3)13-15-26)31(36)22-35(42(6,38)39)27-16-17-29(40-4)30(19-27)41-5/h7-17,19,23,28H,18,20-22H2,1-6H3,(H,33,37)/t28-/m1/s1. The molecule has 42 heavy (non-hydrogen) atoms. The van der Waals surface area contributed by atoms with Gasteiger partial charge in [0.15, 0.2) is 11.5 Å². The molecule has 3 aromatic carbocycles. The van der Waals surface area contributed by atoms with Crippen LogP contribution in [0.15, 0.2) is 72.8 Å². The molecule has 0 saturated heterocycles. The molecule has 0 aliphatic rings. The molecule has 0 saturated carbocycles. The van der Waals surface area contributed by atoms with Crippen LogP contribution in [-0.2, 0) is 32.6 Å². The molecule has 2 amide bonds. The van der Waals surface area contributed by atoms with Crippen molar-refractivity contribution in [3.63, 3.8) is 0 Å². The Bertz CT molecular complexity index is 1440. The second kappa shape index (κ2) is 14.7. The molecule has 0 bridgehead atoms. The molecule has 0 spiro atoms. The van der Waals surface area contributed by atoms with Crippen LogP contribution in [0.2, 0.25) is 0 Å². The Balaban J connectivity index is 2.06. The Morgan fingerprint density at radius 1 is 0.881 bits per heavy atom. The number of rotatable bonds is 14. The van der Waals surface area contributed by atoms with Crippen LogP contribution in [0, 0.1) is 12.8 Å². The third-order valence-corrected chi connectivity index (χ3v) is 7.90. The van der Waals surface area contributed by atoms with Crippen molar-refractivity contribution in [2.24, 2.45) is 5.92 Å². The highest BCUT2D eigenvalue weighted by Crippen LogP contribution is 2.32. The SMILES string of the molecule is COc1ccc(N(CC(=O)N(Cc2ccc(C)cc2)[C@H](Cc2ccccc2)C(=O)NCC(C)C)S(C)(=O)=O)cc1OC. The van der Waals surface area contributed by atoms with E-state index in [9.17, 15) is 18.0 Å². The second-order valence-corrected chi connectivity index (χ2v) is 12.6. The first-order valence-corrected chi connectivity index (χ1v) is 15.6. The predicted octanol–water partition coefficient (Wildman–Crippen LogP) is 4.19. The third-order valence-electron chi connectivity index (χ3n) is 6.76. The van der Waals surface area contributed by atoms with Crippen LogP contribution < -0.4 is 19.1 Å². The van der Waals surface area contributed by atoms with Gasteiger partial charge in [0.05, 0.1) is 26.2 Å². The Morgan fingerprint density at radius 2 is 1.52 bits per heavy atom. The Morgan fingerprint density at radius 3 is 2.10 bits per heavy atom. The molecule has 0 fully saturated rings. The normalized spacial score (nSPS) is 12.0. The summed E-state index contributed by atoms with van der Waals surface area (Å²) in [5, 5.41) is 2.98. The van der Waals surface area contributed by atoms with Gasteiger partial charge in [0.2, 0.25) is 21.8 Å². The van der Waals surface area contributed by atoms with E-state index in [2.05, 4.69) is 5.32 Å². The molecule has 226 valence electrons. The minimum Gasteiger partial charge on any atom is -0.493 e. The van der Waals surface area contributed by atoms with Crippen molar-refractivity contribution < 1.29 is 27.5 Å². The summed E-state index contributed by atoms with van der Waals surface area (Å²) in [5.74, 6) is 0.134. The number of aryl methyl sites for hydroxylation is 1. The van der Waals surface area contributed by atoms with E-state index < -0.39 is 28.5 Å². The number of methoxy groups -OCH3 is 2. The van der Waals surface area contributed by atoms with E-state index in [0.717, 1.165) is 27.3 Å². The number of hydrogen-bond donors (Lipinski definition) is 1. The Kier molecular flexibility index (Phi) is 11.4. The van der Waals surface area contributed by atoms with Gasteiger partial charge >= 0.3 is 0 Å². The molecule has 3 aromatic rings. The minimum atomic E-state index is -3.91. The van der Waals surface area contributed by atoms with Gasteiger partial charge in [-0.05, 0) is 36.1 Å². The van der Waals surface area contributed by atoms with Crippen molar-refractivity contribution >= 4 is 27.5 Å². The van der Waals surface area contributed by atoms with Crippen LogP contribution in [0.5, 0.6) is 11.5 Å². The zero-order valence-corrected chi connectivity index (χ0v) is 26.0. The van der Waals surface area contributed by atoms with E-state index in [0.29, 0.717) is 18.0 Å². The fourth-order valence-electron chi connectivity index (χ4n) is 4.46. The number of nitrogens with one attached hydrogen (secondary N) is 1. The van der Waals surface area contributed by atoms with E-state index in [4.69, 9.17) is 9.47 Å². The molecular weight excluding hydrogens is 554 g/mol. The molecule has 0 unspecified atom stereocenters. The Hall–Kier alpha value is -4.05. The summed E-state index contributed by atoms with van der Waals surface area (Å²) in [6.45, 7) is 6.01. The number of sulfonamides is 1. The van der Waals surface area contributed by atoms with Gasteiger partial charge in [-0.3, -0.25) is 13.9 Å². The summed E-state index contributed by atoms with van der Waals surface area (Å²) in [7, 11) is -0.976. The molecule has 0 aliphatic heterocycles. The smallest absolute Gasteiger partial charge is 0.244 e. The van der Waals surface area contributed by atoms with E-state index in [1.807, 2.05) is 75.4 Å². The summed E-state index contributed by atoms with van der Waals surface area (Å²) >= 11 is 0. The highest BCUT2D eigenvalue weighted by atomic mass is 32.2. The van der Waals surface area contributed by atoms with Crippen molar-refractivity contribution in [3.05, 3.63) is 89.5 Å². The lowest BCUT2D eigenvalue weighted by Crippen LogP contribution is -2.53. The highest BCUT2D eigenvalue weighted by molar-refractivity contribution is 7.92. The number of carbonyl (C=O) groups is 2. The molecule has 0 aromatic heterocycles. The van der Waals surface area contributed by atoms with Crippen molar-refractivity contribution in [1.29, 1.82) is 0 Å². The van der Waals surface area contributed by atoms with Crippen LogP contribution in [-0.4, -0.2) is 64.7 Å². The quantitative estimate of drug-likeness (QED) is 0.300. The number of carbonyl (C=O) groups excluding carboxylic acids is 2. The van der Waals surface area contributed by atoms with Gasteiger partial charge in [0.25, 0.3) is 0 Å². The average molecular weight is 596 g/mol. The highest BCUT2D eigenvalue weighted by Gasteiger charge is 2.33. The van der Waals surface area contributed by atoms with E-state index in [1.165, 1.54) is 25.2 Å². The number of anilines is 1. The summed E-state index contributed by atoms with van der Waals surface area (Å²) in [6, 6.07) is 20.9. The van der Waals surface area contributed by atoms with Crippen LogP contribution in [0.1, 0.15) is 30.5 Å². The molecule has 0 radical (unpaired) electrons. The van der Waals surface area contributed by atoms with Gasteiger partial charge in [-0.15, -0.1) is 0 Å². The molecular formula is C32H41N3O6S. The largest absolute Gasteiger partial charge is 0.493 e. The van der Waals surface area contributed by atoms with Crippen LogP contribution in [0.4, 0.5) is 5.69 Å². The molecule has 1 N–H and O–H groups in total. The van der Waals surface area contributed by atoms with Crippen molar-refractivity contribution in [2.75, 3.05) is 37.9 Å². The van der Waals surface area contributed by atoms with Gasteiger partial charge in [-0.1, -0.05) is 74.0 Å². The predicted molar refractivity (Wildman–Crippen MR) is 165 cm³/mol. The van der Waals surface area contributed by atoms with Crippen LogP contribution in [0.3, 0.4) is 0 Å². The monoisotopic (exact) mass is 595 g/mol. The van der Waals surface area contributed by atoms with E-state index >= 15 is 0 Å². The molecule has 1 atom stereocenters. The maximum atomic E-state index is 14.2. The van der Waals surface area contributed by atoms with Crippen LogP contribution >= 0.6 is 0 Å². The lowest BCUT2D eigenvalue weighted by atomic mass is 10.0. The second-order valence-electron chi connectivity index (χ2n) is 10.7. The number of amides is 2. The molecule has 0 aliphatic carbocycles. The van der Waals surface area contributed by atoms with E-state index in [1.54, 1.807) is 12.1 Å². The maximum Gasteiger partial charge on any atom is 0.244 e. The van der Waals surface area contributed by atoms with Crippen molar-refractivity contribution in [2.45, 2.75) is 39.8 Å². The van der Waals surface area contributed by atoms with Gasteiger partial charge in [0.1, 0.15) is 12.6 Å². The fourth-order valence-corrected chi connectivity index (χ4v) is 5.30. The molecule has 9 nitrogen and oxygen atoms in total. The van der Waals surface area contributed by atoms with Gasteiger partial charge < -0.3 is 19.7 Å². The first-order chi connectivity index (χ1) is 19.9. The van der Waals surface area contributed by atoms with Crippen molar-refractivity contribution in [1.82, 2.24) is 10.2 Å². The summed E-state index contributed by atoms with van der Waals surface area (Å²) in [6.07, 6.45) is 1.30. The zero-order chi connectivity index (χ0) is 30.9. The molecule has 0 heterocycles. The number of nitrogens with zero attached hydrogens (tertiary/aromatic N) is 2. The first kappa shape index (κ1) is 32.5. The molecule has 10 heteroatoms. The van der Waals surface area contributed by atoms with E-state index in [-0.39, 0.29) is 30.5 Å². The first-order valence-electron chi connectivity index (χ1n) is 13.8. The summed E-state index contributed by atoms with van der Waals surface area (Å²) in [4.78, 5) is 29.3. The molecule has 3 rings (SSSR count). The minimum absolute atomic E-state index is 0.120. The lowest BCUT2D eigenvalue weighted by molar-refractivity contribution is -0.140. The Labute approximate surface area is 249 Å². The topological polar surface area (TPSA) is 105 Å². The fraction of sp³-hybridized carbons (Fsp3) is 0.375. The zero-order valence-electron chi connectivity index (χ0n) is 25.2. The number of benzene rings is 3. The third kappa shape index (κ3) is 8.97. The van der Waals surface area contributed by atoms with Gasteiger partial charge in [0, 0.05) is 25.6 Å². The van der Waals surface area contributed by atoms with Gasteiger partial charge in [-0.25, -0.2) is 8.42 Å². The maximum absolute atomic E-state index is 14.2. The number of ether oxygens (including phenoxy) is 2. The summed E-state index contributed by atoms with van der Waals surface area (Å²) in [5.41, 5.74) is 3.00.